The van der Waals surface area contributed by atoms with Crippen molar-refractivity contribution >= 4 is 22.6 Å². The molecule has 0 aliphatic carbocycles. The molecule has 1 amide bonds. The Morgan fingerprint density at radius 3 is 1.90 bits per heavy atom. The molecular formula is C27H25N3O. The number of carbonyl (C=O) groups excluding carboxylic acids is 1. The summed E-state index contributed by atoms with van der Waals surface area (Å²) in [5.74, 6) is 0.879. The molecule has 0 atom stereocenters. The number of piperazine rings is 1. The van der Waals surface area contributed by atoms with E-state index in [1.807, 2.05) is 83.8 Å². The molecule has 1 aliphatic rings. The first-order valence-corrected chi connectivity index (χ1v) is 10.8. The van der Waals surface area contributed by atoms with Gasteiger partial charge in [-0.2, -0.15) is 0 Å². The van der Waals surface area contributed by atoms with Gasteiger partial charge in [0.15, 0.2) is 0 Å². The molecule has 3 aromatic carbocycles. The number of carbonyl (C=O) groups is 1. The van der Waals surface area contributed by atoms with Gasteiger partial charge in [-0.3, -0.25) is 4.79 Å². The topological polar surface area (TPSA) is 36.4 Å². The lowest BCUT2D eigenvalue weighted by Crippen LogP contribution is -2.50. The third-order valence-corrected chi connectivity index (χ3v) is 6.01. The van der Waals surface area contributed by atoms with Gasteiger partial charge in [-0.15, -0.1) is 0 Å². The summed E-state index contributed by atoms with van der Waals surface area (Å²) in [5, 5.41) is 1.15. The molecule has 0 N–H and O–H groups in total. The van der Waals surface area contributed by atoms with E-state index in [9.17, 15) is 4.79 Å². The van der Waals surface area contributed by atoms with Crippen LogP contribution in [0.15, 0.2) is 97.1 Å². The Kier molecular flexibility index (Phi) is 5.36. The minimum absolute atomic E-state index is 0.170. The van der Waals surface area contributed by atoms with Crippen LogP contribution in [0.25, 0.3) is 10.9 Å². The van der Waals surface area contributed by atoms with Crippen molar-refractivity contribution in [1.29, 1.82) is 0 Å². The normalized spacial score (nSPS) is 14.2. The molecule has 1 aliphatic heterocycles. The van der Waals surface area contributed by atoms with E-state index in [1.165, 1.54) is 0 Å². The van der Waals surface area contributed by atoms with E-state index in [1.54, 1.807) is 0 Å². The smallest absolute Gasteiger partial charge is 0.234 e. The van der Waals surface area contributed by atoms with Gasteiger partial charge in [0.1, 0.15) is 5.82 Å². The van der Waals surface area contributed by atoms with Crippen LogP contribution in [0.4, 0.5) is 5.82 Å². The number of anilines is 1. The molecule has 4 nitrogen and oxygen atoms in total. The van der Waals surface area contributed by atoms with Crippen LogP contribution in [0.1, 0.15) is 17.0 Å². The third-order valence-electron chi connectivity index (χ3n) is 6.01. The number of nitrogens with zero attached hydrogens (tertiary/aromatic N) is 3. The second-order valence-electron chi connectivity index (χ2n) is 7.93. The molecule has 1 aromatic heterocycles. The van der Waals surface area contributed by atoms with E-state index in [0.717, 1.165) is 40.9 Å². The minimum atomic E-state index is -0.271. The molecule has 2 heterocycles. The fourth-order valence-corrected chi connectivity index (χ4v) is 4.34. The standard InChI is InChI=1S/C27H25N3O/c31-27(26(22-10-3-1-4-11-22)23-12-5-2-6-13-23)30-19-17-29(18-20-30)25-16-15-21-9-7-8-14-24(21)28-25/h1-16,26H,17-20H2. The van der Waals surface area contributed by atoms with Crippen LogP contribution in [-0.2, 0) is 4.79 Å². The summed E-state index contributed by atoms with van der Waals surface area (Å²) < 4.78 is 0. The van der Waals surface area contributed by atoms with Crippen molar-refractivity contribution < 1.29 is 4.79 Å². The van der Waals surface area contributed by atoms with Gasteiger partial charge in [-0.1, -0.05) is 78.9 Å². The lowest BCUT2D eigenvalue weighted by Gasteiger charge is -2.37. The molecule has 0 bridgehead atoms. The van der Waals surface area contributed by atoms with Crippen LogP contribution in [0.3, 0.4) is 0 Å². The van der Waals surface area contributed by atoms with Crippen LogP contribution in [0, 0.1) is 0 Å². The van der Waals surface area contributed by atoms with Gasteiger partial charge in [0, 0.05) is 31.6 Å². The van der Waals surface area contributed by atoms with Crippen molar-refractivity contribution in [2.75, 3.05) is 31.1 Å². The monoisotopic (exact) mass is 407 g/mol. The second-order valence-corrected chi connectivity index (χ2v) is 7.93. The van der Waals surface area contributed by atoms with E-state index in [2.05, 4.69) is 23.1 Å². The van der Waals surface area contributed by atoms with Crippen molar-refractivity contribution in [3.8, 4) is 0 Å². The first-order chi connectivity index (χ1) is 15.3. The number of fused-ring (bicyclic) bond motifs is 1. The molecule has 0 radical (unpaired) electrons. The van der Waals surface area contributed by atoms with Crippen LogP contribution in [0.2, 0.25) is 0 Å². The Morgan fingerprint density at radius 2 is 1.26 bits per heavy atom. The van der Waals surface area contributed by atoms with Gasteiger partial charge in [0.2, 0.25) is 5.91 Å². The second kappa shape index (κ2) is 8.60. The summed E-state index contributed by atoms with van der Waals surface area (Å²) in [4.78, 5) is 22.7. The SMILES string of the molecule is O=C(C(c1ccccc1)c1ccccc1)N1CCN(c2ccc3ccccc3n2)CC1. The van der Waals surface area contributed by atoms with Crippen molar-refractivity contribution in [3.05, 3.63) is 108 Å². The van der Waals surface area contributed by atoms with E-state index in [-0.39, 0.29) is 11.8 Å². The fraction of sp³-hybridized carbons (Fsp3) is 0.185. The first-order valence-electron chi connectivity index (χ1n) is 10.8. The lowest BCUT2D eigenvalue weighted by atomic mass is 9.90. The van der Waals surface area contributed by atoms with Gasteiger partial charge in [-0.05, 0) is 29.3 Å². The predicted molar refractivity (Wildman–Crippen MR) is 125 cm³/mol. The Balaban J connectivity index is 1.34. The number of amides is 1. The molecule has 1 fully saturated rings. The van der Waals surface area contributed by atoms with Crippen molar-refractivity contribution in [3.63, 3.8) is 0 Å². The summed E-state index contributed by atoms with van der Waals surface area (Å²) in [5.41, 5.74) is 3.08. The Morgan fingerprint density at radius 1 is 0.677 bits per heavy atom. The number of pyridine rings is 1. The van der Waals surface area contributed by atoms with Gasteiger partial charge in [0.05, 0.1) is 11.4 Å². The molecule has 0 saturated carbocycles. The van der Waals surface area contributed by atoms with Crippen LogP contribution in [-0.4, -0.2) is 42.0 Å². The minimum Gasteiger partial charge on any atom is -0.353 e. The third kappa shape index (κ3) is 4.02. The van der Waals surface area contributed by atoms with Crippen LogP contribution < -0.4 is 4.90 Å². The number of para-hydroxylation sites is 1. The van der Waals surface area contributed by atoms with Gasteiger partial charge >= 0.3 is 0 Å². The molecule has 154 valence electrons. The highest BCUT2D eigenvalue weighted by Crippen LogP contribution is 2.28. The van der Waals surface area contributed by atoms with Crippen molar-refractivity contribution in [1.82, 2.24) is 9.88 Å². The molecule has 1 saturated heterocycles. The zero-order chi connectivity index (χ0) is 21.0. The van der Waals surface area contributed by atoms with Crippen LogP contribution >= 0.6 is 0 Å². The van der Waals surface area contributed by atoms with Crippen molar-refractivity contribution in [2.45, 2.75) is 5.92 Å². The summed E-state index contributed by atoms with van der Waals surface area (Å²) in [6, 6.07) is 32.5. The fourth-order valence-electron chi connectivity index (χ4n) is 4.34. The van der Waals surface area contributed by atoms with E-state index in [4.69, 9.17) is 4.98 Å². The van der Waals surface area contributed by atoms with E-state index < -0.39 is 0 Å². The average Bonchev–Trinajstić information content (AvgIpc) is 2.85. The van der Waals surface area contributed by atoms with Crippen molar-refractivity contribution in [2.24, 2.45) is 0 Å². The maximum atomic E-state index is 13.6. The Labute approximate surface area is 182 Å². The number of hydrogen-bond donors (Lipinski definition) is 0. The maximum Gasteiger partial charge on any atom is 0.234 e. The molecule has 4 aromatic rings. The molecular weight excluding hydrogens is 382 g/mol. The van der Waals surface area contributed by atoms with Gasteiger partial charge in [0.25, 0.3) is 0 Å². The highest BCUT2D eigenvalue weighted by atomic mass is 16.2. The number of aromatic nitrogens is 1. The van der Waals surface area contributed by atoms with Crippen LogP contribution in [0.5, 0.6) is 0 Å². The van der Waals surface area contributed by atoms with E-state index >= 15 is 0 Å². The van der Waals surface area contributed by atoms with E-state index in [0.29, 0.717) is 13.1 Å². The zero-order valence-corrected chi connectivity index (χ0v) is 17.4. The molecule has 5 rings (SSSR count). The largest absolute Gasteiger partial charge is 0.353 e. The summed E-state index contributed by atoms with van der Waals surface area (Å²) in [6.45, 7) is 2.97. The Bertz CT molecular complexity index is 1130. The zero-order valence-electron chi connectivity index (χ0n) is 17.4. The predicted octanol–water partition coefficient (Wildman–Crippen LogP) is 4.72. The summed E-state index contributed by atoms with van der Waals surface area (Å²) >= 11 is 0. The highest BCUT2D eigenvalue weighted by Gasteiger charge is 2.30. The summed E-state index contributed by atoms with van der Waals surface area (Å²) in [7, 11) is 0. The molecule has 31 heavy (non-hydrogen) atoms. The quantitative estimate of drug-likeness (QED) is 0.491. The number of hydrogen-bond acceptors (Lipinski definition) is 3. The number of rotatable bonds is 4. The molecule has 4 heteroatoms. The molecule has 0 spiro atoms. The molecule has 0 unspecified atom stereocenters. The lowest BCUT2D eigenvalue weighted by molar-refractivity contribution is -0.132. The van der Waals surface area contributed by atoms with Gasteiger partial charge in [-0.25, -0.2) is 4.98 Å². The highest BCUT2D eigenvalue weighted by molar-refractivity contribution is 5.87. The summed E-state index contributed by atoms with van der Waals surface area (Å²) in [6.07, 6.45) is 0. The van der Waals surface area contributed by atoms with Gasteiger partial charge < -0.3 is 9.80 Å². The number of benzene rings is 3. The maximum absolute atomic E-state index is 13.6. The first kappa shape index (κ1) is 19.3. The Hall–Kier alpha value is -3.66. The average molecular weight is 408 g/mol.